The number of nitrogens with one attached hydrogen (secondary N) is 1. The number of halogens is 1. The van der Waals surface area contributed by atoms with E-state index < -0.39 is 0 Å². The van der Waals surface area contributed by atoms with E-state index in [4.69, 9.17) is 11.6 Å². The van der Waals surface area contributed by atoms with Gasteiger partial charge in [-0.2, -0.15) is 0 Å². The second kappa shape index (κ2) is 6.31. The zero-order chi connectivity index (χ0) is 14.7. The molecule has 2 heterocycles. The monoisotopic (exact) mass is 303 g/mol. The summed E-state index contributed by atoms with van der Waals surface area (Å²) in [6.45, 7) is 1.53. The van der Waals surface area contributed by atoms with Crippen LogP contribution in [-0.4, -0.2) is 33.9 Å². The summed E-state index contributed by atoms with van der Waals surface area (Å²) in [6, 6.07) is 7.69. The molecule has 1 aliphatic heterocycles. The maximum absolute atomic E-state index is 12.3. The minimum atomic E-state index is 0.218. The number of hydrogen-bond acceptors (Lipinski definition) is 2. The molecule has 0 atom stereocenters. The summed E-state index contributed by atoms with van der Waals surface area (Å²) in [5.41, 5.74) is 3.42. The minimum Gasteiger partial charge on any atom is -0.348 e. The Morgan fingerprint density at radius 2 is 2.00 bits per heavy atom. The van der Waals surface area contributed by atoms with E-state index in [0.29, 0.717) is 6.42 Å². The molecule has 2 aromatic rings. The lowest BCUT2D eigenvalue weighted by atomic mass is 10.1. The smallest absolute Gasteiger partial charge is 0.222 e. The molecule has 0 spiro atoms. The van der Waals surface area contributed by atoms with Crippen LogP contribution < -0.4 is 0 Å². The number of carbonyl (C=O) groups is 1. The zero-order valence-electron chi connectivity index (χ0n) is 11.8. The first kappa shape index (κ1) is 14.1. The molecule has 110 valence electrons. The Balaban J connectivity index is 1.54. The lowest BCUT2D eigenvalue weighted by Crippen LogP contribution is -2.33. The third-order valence-electron chi connectivity index (χ3n) is 3.95. The number of hydrogen-bond donors (Lipinski definition) is 1. The van der Waals surface area contributed by atoms with Gasteiger partial charge in [-0.15, -0.1) is 0 Å². The molecule has 0 aliphatic carbocycles. The van der Waals surface area contributed by atoms with Crippen molar-refractivity contribution in [1.29, 1.82) is 0 Å². The number of rotatable bonds is 3. The number of imidazole rings is 1. The number of aromatic nitrogens is 2. The molecule has 4 nitrogen and oxygen atoms in total. The first-order chi connectivity index (χ1) is 10.2. The molecule has 0 bridgehead atoms. The summed E-state index contributed by atoms with van der Waals surface area (Å²) in [4.78, 5) is 21.7. The maximum Gasteiger partial charge on any atom is 0.222 e. The van der Waals surface area contributed by atoms with Gasteiger partial charge >= 0.3 is 0 Å². The average molecular weight is 304 g/mol. The summed E-state index contributed by atoms with van der Waals surface area (Å²) in [6.07, 6.45) is 4.75. The van der Waals surface area contributed by atoms with Gasteiger partial charge in [0.1, 0.15) is 0 Å². The number of benzene rings is 1. The molecule has 0 radical (unpaired) electrons. The summed E-state index contributed by atoms with van der Waals surface area (Å²) in [7, 11) is 0. The van der Waals surface area contributed by atoms with Crippen LogP contribution in [0.15, 0.2) is 30.6 Å². The highest BCUT2D eigenvalue weighted by Gasteiger charge is 2.19. The number of fused-ring (bicyclic) bond motifs is 1. The van der Waals surface area contributed by atoms with Crippen molar-refractivity contribution in [3.05, 3.63) is 52.6 Å². The van der Waals surface area contributed by atoms with E-state index in [9.17, 15) is 4.79 Å². The van der Waals surface area contributed by atoms with Gasteiger partial charge in [0.2, 0.25) is 5.91 Å². The quantitative estimate of drug-likeness (QED) is 0.947. The van der Waals surface area contributed by atoms with E-state index in [-0.39, 0.29) is 5.91 Å². The van der Waals surface area contributed by atoms with E-state index >= 15 is 0 Å². The molecule has 21 heavy (non-hydrogen) atoms. The van der Waals surface area contributed by atoms with Crippen molar-refractivity contribution in [3.8, 4) is 0 Å². The zero-order valence-corrected chi connectivity index (χ0v) is 12.6. The highest BCUT2D eigenvalue weighted by Crippen LogP contribution is 2.14. The fourth-order valence-corrected chi connectivity index (χ4v) is 2.82. The van der Waals surface area contributed by atoms with Gasteiger partial charge in [-0.3, -0.25) is 4.79 Å². The molecule has 1 aliphatic rings. The predicted molar refractivity (Wildman–Crippen MR) is 82.3 cm³/mol. The molecule has 0 saturated heterocycles. The molecule has 1 amide bonds. The highest BCUT2D eigenvalue weighted by molar-refractivity contribution is 6.30. The SMILES string of the molecule is O=C(CCc1ccc(Cl)cc1)N1CCc2nc[nH]c2CC1. The number of carbonyl (C=O) groups excluding carboxylic acids is 1. The van der Waals surface area contributed by atoms with Gasteiger partial charge in [0.15, 0.2) is 0 Å². The summed E-state index contributed by atoms with van der Waals surface area (Å²) in [5.74, 6) is 0.218. The second-order valence-corrected chi connectivity index (χ2v) is 5.77. The third-order valence-corrected chi connectivity index (χ3v) is 4.20. The Hall–Kier alpha value is -1.81. The summed E-state index contributed by atoms with van der Waals surface area (Å²) >= 11 is 5.86. The van der Waals surface area contributed by atoms with Gasteiger partial charge in [-0.1, -0.05) is 23.7 Å². The van der Waals surface area contributed by atoms with Crippen molar-refractivity contribution >= 4 is 17.5 Å². The Labute approximate surface area is 129 Å². The second-order valence-electron chi connectivity index (χ2n) is 5.34. The van der Waals surface area contributed by atoms with Crippen LogP contribution in [0.3, 0.4) is 0 Å². The Kier molecular flexibility index (Phi) is 4.25. The van der Waals surface area contributed by atoms with Crippen LogP contribution in [0.25, 0.3) is 0 Å². The van der Waals surface area contributed by atoms with Crippen LogP contribution in [-0.2, 0) is 24.1 Å². The lowest BCUT2D eigenvalue weighted by Gasteiger charge is -2.20. The Morgan fingerprint density at radius 3 is 2.81 bits per heavy atom. The van der Waals surface area contributed by atoms with Gasteiger partial charge in [-0.05, 0) is 24.1 Å². The fraction of sp³-hybridized carbons (Fsp3) is 0.375. The first-order valence-electron chi connectivity index (χ1n) is 7.26. The molecule has 0 fully saturated rings. The third kappa shape index (κ3) is 3.45. The standard InChI is InChI=1S/C16H18ClN3O/c17-13-4-1-12(2-5-13)3-6-16(21)20-9-7-14-15(8-10-20)19-11-18-14/h1-2,4-5,11H,3,6-10H2,(H,18,19). The molecule has 0 saturated carbocycles. The molecule has 1 N–H and O–H groups in total. The molecule has 3 rings (SSSR count). The molecule has 1 aromatic heterocycles. The number of amides is 1. The topological polar surface area (TPSA) is 49.0 Å². The largest absolute Gasteiger partial charge is 0.348 e. The molecule has 5 heteroatoms. The lowest BCUT2D eigenvalue weighted by molar-refractivity contribution is -0.131. The van der Waals surface area contributed by atoms with Crippen molar-refractivity contribution < 1.29 is 4.79 Å². The van der Waals surface area contributed by atoms with Crippen molar-refractivity contribution in [2.45, 2.75) is 25.7 Å². The minimum absolute atomic E-state index is 0.218. The number of aryl methyl sites for hydroxylation is 1. The van der Waals surface area contributed by atoms with Gasteiger partial charge in [0.05, 0.1) is 12.0 Å². The van der Waals surface area contributed by atoms with Crippen molar-refractivity contribution in [1.82, 2.24) is 14.9 Å². The maximum atomic E-state index is 12.3. The average Bonchev–Trinajstić information content (AvgIpc) is 2.85. The van der Waals surface area contributed by atoms with Crippen LogP contribution in [0, 0.1) is 0 Å². The van der Waals surface area contributed by atoms with Gasteiger partial charge < -0.3 is 9.88 Å². The number of nitrogens with zero attached hydrogens (tertiary/aromatic N) is 2. The van der Waals surface area contributed by atoms with Gasteiger partial charge in [0, 0.05) is 43.1 Å². The van der Waals surface area contributed by atoms with Crippen molar-refractivity contribution in [2.75, 3.05) is 13.1 Å². The first-order valence-corrected chi connectivity index (χ1v) is 7.63. The van der Waals surface area contributed by atoms with Crippen LogP contribution in [0.1, 0.15) is 23.4 Å². The Bertz CT molecular complexity index is 598. The number of H-pyrrole nitrogens is 1. The van der Waals surface area contributed by atoms with Crippen LogP contribution in [0.2, 0.25) is 5.02 Å². The van der Waals surface area contributed by atoms with Gasteiger partial charge in [-0.25, -0.2) is 4.98 Å². The van der Waals surface area contributed by atoms with E-state index in [0.717, 1.165) is 48.6 Å². The normalized spacial score (nSPS) is 14.6. The molecular weight excluding hydrogens is 286 g/mol. The highest BCUT2D eigenvalue weighted by atomic mass is 35.5. The number of aromatic amines is 1. The Morgan fingerprint density at radius 1 is 1.24 bits per heavy atom. The van der Waals surface area contributed by atoms with E-state index in [1.807, 2.05) is 29.2 Å². The van der Waals surface area contributed by atoms with Crippen LogP contribution in [0.5, 0.6) is 0 Å². The van der Waals surface area contributed by atoms with E-state index in [2.05, 4.69) is 9.97 Å². The fourth-order valence-electron chi connectivity index (χ4n) is 2.69. The van der Waals surface area contributed by atoms with Crippen molar-refractivity contribution in [2.24, 2.45) is 0 Å². The molecule has 0 unspecified atom stereocenters. The predicted octanol–water partition coefficient (Wildman–Crippen LogP) is 2.62. The van der Waals surface area contributed by atoms with E-state index in [1.54, 1.807) is 6.33 Å². The van der Waals surface area contributed by atoms with Crippen LogP contribution >= 0.6 is 11.6 Å². The molecule has 1 aromatic carbocycles. The summed E-state index contributed by atoms with van der Waals surface area (Å²) in [5, 5.41) is 0.728. The van der Waals surface area contributed by atoms with E-state index in [1.165, 1.54) is 5.69 Å². The van der Waals surface area contributed by atoms with Crippen molar-refractivity contribution in [3.63, 3.8) is 0 Å². The summed E-state index contributed by atoms with van der Waals surface area (Å²) < 4.78 is 0. The molecular formula is C16H18ClN3O. The van der Waals surface area contributed by atoms with Gasteiger partial charge in [0.25, 0.3) is 0 Å². The van der Waals surface area contributed by atoms with Crippen LogP contribution in [0.4, 0.5) is 0 Å².